The Labute approximate surface area is 81.8 Å². The number of nitrogen functional groups attached to an aromatic ring is 1. The Kier molecular flexibility index (Phi) is 2.36. The second-order valence-electron chi connectivity index (χ2n) is 3.59. The average molecular weight is 195 g/mol. The summed E-state index contributed by atoms with van der Waals surface area (Å²) in [5.41, 5.74) is 6.29. The average Bonchev–Trinajstić information content (AvgIpc) is 2.72. The Morgan fingerprint density at radius 2 is 2.15 bits per heavy atom. The van der Waals surface area contributed by atoms with E-state index in [1.54, 1.807) is 6.07 Å². The summed E-state index contributed by atoms with van der Waals surface area (Å²) in [5.74, 6) is 0.581. The summed E-state index contributed by atoms with van der Waals surface area (Å²) < 4.78 is 0. The van der Waals surface area contributed by atoms with Gasteiger partial charge in [-0.3, -0.25) is 4.79 Å². The maximum absolute atomic E-state index is 11.8. The number of hydrogen-bond donors (Lipinski definition) is 1. The molecule has 13 heavy (non-hydrogen) atoms. The van der Waals surface area contributed by atoms with Crippen LogP contribution in [0, 0.1) is 5.92 Å². The molecule has 0 unspecified atom stereocenters. The summed E-state index contributed by atoms with van der Waals surface area (Å²) in [6.07, 6.45) is 4.54. The van der Waals surface area contributed by atoms with Crippen LogP contribution in [0.25, 0.3) is 0 Å². The van der Waals surface area contributed by atoms with E-state index in [4.69, 9.17) is 5.73 Å². The number of nitrogens with two attached hydrogens (primary N) is 1. The van der Waals surface area contributed by atoms with Gasteiger partial charge >= 0.3 is 0 Å². The van der Waals surface area contributed by atoms with Crippen molar-refractivity contribution in [3.63, 3.8) is 0 Å². The number of rotatable bonds is 2. The van der Waals surface area contributed by atoms with E-state index in [1.807, 2.05) is 5.38 Å². The predicted octanol–water partition coefficient (Wildman–Crippen LogP) is 2.70. The van der Waals surface area contributed by atoms with Crippen molar-refractivity contribution in [2.24, 2.45) is 5.92 Å². The van der Waals surface area contributed by atoms with Crippen molar-refractivity contribution < 1.29 is 4.79 Å². The fourth-order valence-corrected chi connectivity index (χ4v) is 2.69. The zero-order chi connectivity index (χ0) is 9.26. The standard InChI is InChI=1S/C10H13NOS/c11-8-5-9(13-6-8)10(12)7-3-1-2-4-7/h5-7H,1-4,11H2. The van der Waals surface area contributed by atoms with E-state index in [0.717, 1.165) is 17.7 Å². The highest BCUT2D eigenvalue weighted by atomic mass is 32.1. The topological polar surface area (TPSA) is 43.1 Å². The predicted molar refractivity (Wildman–Crippen MR) is 55.0 cm³/mol. The van der Waals surface area contributed by atoms with E-state index in [1.165, 1.54) is 24.2 Å². The Morgan fingerprint density at radius 1 is 1.46 bits per heavy atom. The molecule has 0 aliphatic heterocycles. The van der Waals surface area contributed by atoms with Crippen LogP contribution in [0.3, 0.4) is 0 Å². The Hall–Kier alpha value is -0.830. The van der Waals surface area contributed by atoms with E-state index < -0.39 is 0 Å². The first-order valence-electron chi connectivity index (χ1n) is 4.65. The van der Waals surface area contributed by atoms with Crippen molar-refractivity contribution in [2.75, 3.05) is 5.73 Å². The second kappa shape index (κ2) is 3.50. The number of hydrogen-bond acceptors (Lipinski definition) is 3. The number of carbonyl (C=O) groups is 1. The van der Waals surface area contributed by atoms with E-state index >= 15 is 0 Å². The van der Waals surface area contributed by atoms with E-state index in [2.05, 4.69) is 0 Å². The molecule has 1 aromatic heterocycles. The van der Waals surface area contributed by atoms with Gasteiger partial charge in [-0.2, -0.15) is 0 Å². The molecule has 2 N–H and O–H groups in total. The van der Waals surface area contributed by atoms with Gasteiger partial charge in [0.15, 0.2) is 5.78 Å². The zero-order valence-electron chi connectivity index (χ0n) is 7.45. The van der Waals surface area contributed by atoms with Crippen LogP contribution in [0.4, 0.5) is 5.69 Å². The van der Waals surface area contributed by atoms with Crippen molar-refractivity contribution in [2.45, 2.75) is 25.7 Å². The lowest BCUT2D eigenvalue weighted by molar-refractivity contribution is 0.0927. The molecule has 1 aromatic rings. The molecule has 0 aromatic carbocycles. The van der Waals surface area contributed by atoms with Crippen molar-refractivity contribution in [3.8, 4) is 0 Å². The number of anilines is 1. The van der Waals surface area contributed by atoms with Crippen LogP contribution in [0.5, 0.6) is 0 Å². The second-order valence-corrected chi connectivity index (χ2v) is 4.50. The fraction of sp³-hybridized carbons (Fsp3) is 0.500. The van der Waals surface area contributed by atoms with E-state index in [0.29, 0.717) is 11.5 Å². The Balaban J connectivity index is 2.12. The molecule has 2 nitrogen and oxygen atoms in total. The van der Waals surface area contributed by atoms with Gasteiger partial charge in [-0.15, -0.1) is 11.3 Å². The molecule has 0 amide bonds. The maximum atomic E-state index is 11.8. The van der Waals surface area contributed by atoms with Gasteiger partial charge in [0.25, 0.3) is 0 Å². The summed E-state index contributed by atoms with van der Waals surface area (Å²) in [6.45, 7) is 0. The zero-order valence-corrected chi connectivity index (χ0v) is 8.27. The number of ketones is 1. The van der Waals surface area contributed by atoms with Crippen LogP contribution >= 0.6 is 11.3 Å². The van der Waals surface area contributed by atoms with Crippen LogP contribution in [0.15, 0.2) is 11.4 Å². The molecule has 1 aliphatic rings. The van der Waals surface area contributed by atoms with Crippen LogP contribution in [-0.4, -0.2) is 5.78 Å². The lowest BCUT2D eigenvalue weighted by Gasteiger charge is -2.04. The third-order valence-corrected chi connectivity index (χ3v) is 3.55. The van der Waals surface area contributed by atoms with Gasteiger partial charge < -0.3 is 5.73 Å². The fourth-order valence-electron chi connectivity index (χ4n) is 1.87. The first kappa shape index (κ1) is 8.75. The summed E-state index contributed by atoms with van der Waals surface area (Å²) in [7, 11) is 0. The molecule has 2 rings (SSSR count). The van der Waals surface area contributed by atoms with Gasteiger partial charge in [0.1, 0.15) is 0 Å². The van der Waals surface area contributed by atoms with Crippen LogP contribution in [0.1, 0.15) is 35.4 Å². The number of carbonyl (C=O) groups excluding carboxylic acids is 1. The molecule has 1 heterocycles. The maximum Gasteiger partial charge on any atom is 0.175 e. The van der Waals surface area contributed by atoms with Gasteiger partial charge in [-0.25, -0.2) is 0 Å². The Bertz CT molecular complexity index is 312. The lowest BCUT2D eigenvalue weighted by Crippen LogP contribution is -2.08. The normalized spacial score (nSPS) is 17.8. The van der Waals surface area contributed by atoms with Crippen LogP contribution in [-0.2, 0) is 0 Å². The molecule has 1 saturated carbocycles. The van der Waals surface area contributed by atoms with Gasteiger partial charge in [-0.1, -0.05) is 12.8 Å². The Morgan fingerprint density at radius 3 is 2.69 bits per heavy atom. The smallest absolute Gasteiger partial charge is 0.175 e. The van der Waals surface area contributed by atoms with E-state index in [9.17, 15) is 4.79 Å². The molecule has 0 radical (unpaired) electrons. The van der Waals surface area contributed by atoms with Crippen molar-refractivity contribution in [1.29, 1.82) is 0 Å². The molecule has 1 aliphatic carbocycles. The summed E-state index contributed by atoms with van der Waals surface area (Å²) in [5, 5.41) is 1.84. The largest absolute Gasteiger partial charge is 0.398 e. The first-order chi connectivity index (χ1) is 6.27. The molecule has 0 bridgehead atoms. The molecule has 3 heteroatoms. The van der Waals surface area contributed by atoms with Gasteiger partial charge in [0.05, 0.1) is 4.88 Å². The monoisotopic (exact) mass is 195 g/mol. The molecule has 70 valence electrons. The number of Topliss-reactive ketones (excluding diaryl/α,β-unsaturated/α-hetero) is 1. The summed E-state index contributed by atoms with van der Waals surface area (Å²) in [4.78, 5) is 12.7. The minimum atomic E-state index is 0.276. The van der Waals surface area contributed by atoms with Crippen LogP contribution < -0.4 is 5.73 Å². The third kappa shape index (κ3) is 1.75. The lowest BCUT2D eigenvalue weighted by atomic mass is 10.0. The van der Waals surface area contributed by atoms with Crippen LogP contribution in [0.2, 0.25) is 0 Å². The molecular weight excluding hydrogens is 182 g/mol. The summed E-state index contributed by atoms with van der Waals surface area (Å²) in [6, 6.07) is 1.80. The molecule has 0 spiro atoms. The third-order valence-electron chi connectivity index (χ3n) is 2.59. The van der Waals surface area contributed by atoms with Gasteiger partial charge in [-0.05, 0) is 18.9 Å². The number of thiophene rings is 1. The minimum absolute atomic E-state index is 0.276. The SMILES string of the molecule is Nc1csc(C(=O)C2CCCC2)c1. The van der Waals surface area contributed by atoms with E-state index in [-0.39, 0.29) is 5.92 Å². The summed E-state index contributed by atoms with van der Waals surface area (Å²) >= 11 is 1.47. The molecular formula is C10H13NOS. The minimum Gasteiger partial charge on any atom is -0.398 e. The molecule has 0 atom stereocenters. The quantitative estimate of drug-likeness (QED) is 0.737. The molecule has 1 fully saturated rings. The highest BCUT2D eigenvalue weighted by Crippen LogP contribution is 2.30. The highest BCUT2D eigenvalue weighted by Gasteiger charge is 2.24. The van der Waals surface area contributed by atoms with Crippen molar-refractivity contribution >= 4 is 22.8 Å². The first-order valence-corrected chi connectivity index (χ1v) is 5.53. The van der Waals surface area contributed by atoms with Crippen molar-refractivity contribution in [3.05, 3.63) is 16.3 Å². The van der Waals surface area contributed by atoms with Gasteiger partial charge in [0.2, 0.25) is 0 Å². The highest BCUT2D eigenvalue weighted by molar-refractivity contribution is 7.12. The molecule has 0 saturated heterocycles. The van der Waals surface area contributed by atoms with Gasteiger partial charge in [0, 0.05) is 17.0 Å². The van der Waals surface area contributed by atoms with Crippen molar-refractivity contribution in [1.82, 2.24) is 0 Å².